The van der Waals surface area contributed by atoms with Gasteiger partial charge in [-0.2, -0.15) is 13.2 Å². The molecule has 2 unspecified atom stereocenters. The smallest absolute Gasteiger partial charge is 0.348 e. The van der Waals surface area contributed by atoms with E-state index in [4.69, 9.17) is 0 Å². The first-order valence-electron chi connectivity index (χ1n) is 6.27. The quantitative estimate of drug-likeness (QED) is 0.878. The van der Waals surface area contributed by atoms with Gasteiger partial charge in [-0.25, -0.2) is 4.98 Å². The lowest BCUT2D eigenvalue weighted by Crippen LogP contribution is -2.45. The van der Waals surface area contributed by atoms with Gasteiger partial charge in [0.05, 0.1) is 17.9 Å². The Bertz CT molecular complexity index is 386. The number of hydrogen-bond acceptors (Lipinski definition) is 2. The van der Waals surface area contributed by atoms with Crippen molar-refractivity contribution in [2.45, 2.75) is 51.4 Å². The number of aromatic amines is 1. The molecule has 3 nitrogen and oxygen atoms in total. The Labute approximate surface area is 104 Å². The number of aryl methyl sites for hydroxylation is 1. The van der Waals surface area contributed by atoms with Gasteiger partial charge in [0.25, 0.3) is 0 Å². The van der Waals surface area contributed by atoms with Gasteiger partial charge >= 0.3 is 6.18 Å². The average molecular weight is 261 g/mol. The molecule has 0 radical (unpaired) electrons. The summed E-state index contributed by atoms with van der Waals surface area (Å²) < 4.78 is 38.6. The van der Waals surface area contributed by atoms with Crippen LogP contribution in [0.1, 0.15) is 37.1 Å². The van der Waals surface area contributed by atoms with E-state index < -0.39 is 18.1 Å². The monoisotopic (exact) mass is 261 g/mol. The van der Waals surface area contributed by atoms with E-state index in [1.807, 2.05) is 6.92 Å². The van der Waals surface area contributed by atoms with Crippen LogP contribution in [-0.2, 0) is 6.54 Å². The van der Waals surface area contributed by atoms with Crippen molar-refractivity contribution < 1.29 is 13.2 Å². The molecule has 0 aliphatic heterocycles. The summed E-state index contributed by atoms with van der Waals surface area (Å²) in [6.07, 6.45) is -0.172. The maximum absolute atomic E-state index is 12.9. The third-order valence-electron chi connectivity index (χ3n) is 3.65. The van der Waals surface area contributed by atoms with Gasteiger partial charge in [-0.3, -0.25) is 0 Å². The lowest BCUT2D eigenvalue weighted by Gasteiger charge is -2.33. The topological polar surface area (TPSA) is 40.7 Å². The van der Waals surface area contributed by atoms with Crippen LogP contribution in [0.25, 0.3) is 0 Å². The van der Waals surface area contributed by atoms with Gasteiger partial charge < -0.3 is 10.3 Å². The van der Waals surface area contributed by atoms with Crippen LogP contribution < -0.4 is 5.32 Å². The second-order valence-corrected chi connectivity index (χ2v) is 4.89. The first kappa shape index (κ1) is 13.4. The molecule has 2 rings (SSSR count). The molecule has 102 valence electrons. The van der Waals surface area contributed by atoms with Crippen LogP contribution in [0, 0.1) is 12.8 Å². The van der Waals surface area contributed by atoms with Crippen LogP contribution in [0.2, 0.25) is 0 Å². The predicted octanol–water partition coefficient (Wildman–Crippen LogP) is 2.93. The Morgan fingerprint density at radius 3 is 2.72 bits per heavy atom. The molecule has 1 aliphatic rings. The summed E-state index contributed by atoms with van der Waals surface area (Å²) in [7, 11) is 0. The molecule has 2 N–H and O–H groups in total. The number of rotatable bonds is 3. The Kier molecular flexibility index (Phi) is 3.94. The van der Waals surface area contributed by atoms with Crippen molar-refractivity contribution in [3.8, 4) is 0 Å². The Hall–Kier alpha value is -1.04. The van der Waals surface area contributed by atoms with Crippen molar-refractivity contribution in [3.05, 3.63) is 17.7 Å². The molecule has 0 amide bonds. The number of hydrogen-bond donors (Lipinski definition) is 2. The highest BCUT2D eigenvalue weighted by Gasteiger charge is 2.45. The van der Waals surface area contributed by atoms with Crippen LogP contribution in [-0.4, -0.2) is 22.2 Å². The fourth-order valence-electron chi connectivity index (χ4n) is 2.56. The largest absolute Gasteiger partial charge is 0.393 e. The normalized spacial score (nSPS) is 25.3. The van der Waals surface area contributed by atoms with Crippen LogP contribution in [0.3, 0.4) is 0 Å². The second-order valence-electron chi connectivity index (χ2n) is 4.89. The van der Waals surface area contributed by atoms with E-state index in [9.17, 15) is 13.2 Å². The van der Waals surface area contributed by atoms with Gasteiger partial charge in [-0.1, -0.05) is 12.8 Å². The molecule has 0 saturated heterocycles. The number of imidazole rings is 1. The Morgan fingerprint density at radius 1 is 1.39 bits per heavy atom. The molecule has 0 aromatic carbocycles. The zero-order valence-electron chi connectivity index (χ0n) is 10.3. The fraction of sp³-hybridized carbons (Fsp3) is 0.750. The van der Waals surface area contributed by atoms with E-state index in [-0.39, 0.29) is 6.42 Å². The minimum Gasteiger partial charge on any atom is -0.348 e. The van der Waals surface area contributed by atoms with E-state index in [1.54, 1.807) is 6.33 Å². The van der Waals surface area contributed by atoms with Gasteiger partial charge in [0, 0.05) is 18.3 Å². The first-order chi connectivity index (χ1) is 8.48. The summed E-state index contributed by atoms with van der Waals surface area (Å²) in [5.74, 6) is -1.22. The highest BCUT2D eigenvalue weighted by molar-refractivity contribution is 5.08. The molecule has 6 heteroatoms. The van der Waals surface area contributed by atoms with Gasteiger partial charge in [-0.15, -0.1) is 0 Å². The van der Waals surface area contributed by atoms with Crippen LogP contribution in [0.4, 0.5) is 13.2 Å². The van der Waals surface area contributed by atoms with Crippen molar-refractivity contribution in [2.75, 3.05) is 0 Å². The number of nitrogens with zero attached hydrogens (tertiary/aromatic N) is 1. The minimum atomic E-state index is -4.10. The molecule has 1 aliphatic carbocycles. The Balaban J connectivity index is 1.96. The molecule has 0 spiro atoms. The number of halogens is 3. The van der Waals surface area contributed by atoms with Crippen LogP contribution >= 0.6 is 0 Å². The van der Waals surface area contributed by atoms with Crippen molar-refractivity contribution in [1.82, 2.24) is 15.3 Å². The van der Waals surface area contributed by atoms with Crippen molar-refractivity contribution in [3.63, 3.8) is 0 Å². The molecule has 18 heavy (non-hydrogen) atoms. The number of nitrogens with one attached hydrogen (secondary N) is 2. The van der Waals surface area contributed by atoms with E-state index in [2.05, 4.69) is 15.3 Å². The van der Waals surface area contributed by atoms with Crippen molar-refractivity contribution in [2.24, 2.45) is 5.92 Å². The summed E-state index contributed by atoms with van der Waals surface area (Å²) in [6.45, 7) is 2.26. The number of aromatic nitrogens is 2. The second kappa shape index (κ2) is 5.30. The fourth-order valence-corrected chi connectivity index (χ4v) is 2.56. The highest BCUT2D eigenvalue weighted by atomic mass is 19.4. The van der Waals surface area contributed by atoms with Gasteiger partial charge in [0.1, 0.15) is 0 Å². The molecule has 2 atom stereocenters. The predicted molar refractivity (Wildman–Crippen MR) is 62.0 cm³/mol. The van der Waals surface area contributed by atoms with Crippen LogP contribution in [0.5, 0.6) is 0 Å². The third-order valence-corrected chi connectivity index (χ3v) is 3.65. The average Bonchev–Trinajstić information content (AvgIpc) is 2.71. The van der Waals surface area contributed by atoms with E-state index in [0.717, 1.165) is 17.8 Å². The lowest BCUT2D eigenvalue weighted by atomic mass is 9.84. The molecule has 1 aromatic rings. The first-order valence-corrected chi connectivity index (χ1v) is 6.27. The highest BCUT2D eigenvalue weighted by Crippen LogP contribution is 2.37. The Morgan fingerprint density at radius 2 is 2.11 bits per heavy atom. The third kappa shape index (κ3) is 3.04. The molecule has 1 saturated carbocycles. The standard InChI is InChI=1S/C12H18F3N3/c1-8-11(18-7-17-8)6-16-10-5-3-2-4-9(10)12(13,14)15/h7,9-10,16H,2-6H2,1H3,(H,17,18). The van der Waals surface area contributed by atoms with E-state index in [0.29, 0.717) is 19.4 Å². The maximum atomic E-state index is 12.9. The molecule has 1 aromatic heterocycles. The van der Waals surface area contributed by atoms with Crippen molar-refractivity contribution >= 4 is 0 Å². The van der Waals surface area contributed by atoms with E-state index >= 15 is 0 Å². The maximum Gasteiger partial charge on any atom is 0.393 e. The van der Waals surface area contributed by atoms with E-state index in [1.165, 1.54) is 0 Å². The zero-order valence-corrected chi connectivity index (χ0v) is 10.3. The summed E-state index contributed by atoms with van der Waals surface area (Å²) in [6, 6.07) is -0.477. The lowest BCUT2D eigenvalue weighted by molar-refractivity contribution is -0.189. The summed E-state index contributed by atoms with van der Waals surface area (Å²) in [5.41, 5.74) is 1.70. The summed E-state index contributed by atoms with van der Waals surface area (Å²) in [5, 5.41) is 3.02. The zero-order chi connectivity index (χ0) is 13.2. The van der Waals surface area contributed by atoms with Crippen LogP contribution in [0.15, 0.2) is 6.33 Å². The summed E-state index contributed by atoms with van der Waals surface area (Å²) >= 11 is 0. The van der Waals surface area contributed by atoms with Gasteiger partial charge in [0.2, 0.25) is 0 Å². The molecule has 1 heterocycles. The van der Waals surface area contributed by atoms with Gasteiger partial charge in [-0.05, 0) is 19.8 Å². The van der Waals surface area contributed by atoms with Gasteiger partial charge in [0.15, 0.2) is 0 Å². The molecular weight excluding hydrogens is 243 g/mol. The molecule has 1 fully saturated rings. The SMILES string of the molecule is Cc1[nH]cnc1CNC1CCCCC1C(F)(F)F. The molecular formula is C12H18F3N3. The minimum absolute atomic E-state index is 0.237. The van der Waals surface area contributed by atoms with Crippen molar-refractivity contribution in [1.29, 1.82) is 0 Å². The summed E-state index contributed by atoms with van der Waals surface area (Å²) in [4.78, 5) is 7.01. The number of H-pyrrole nitrogens is 1. The number of alkyl halides is 3. The molecule has 0 bridgehead atoms.